The predicted molar refractivity (Wildman–Crippen MR) is 138 cm³/mol. The van der Waals surface area contributed by atoms with Crippen LogP contribution < -0.4 is 4.90 Å². The van der Waals surface area contributed by atoms with Crippen LogP contribution in [0.4, 0.5) is 5.82 Å². The molecule has 0 spiro atoms. The lowest BCUT2D eigenvalue weighted by Gasteiger charge is -2.26. The molecule has 3 heterocycles. The first kappa shape index (κ1) is 24.0. The number of carboxylic acid groups (broad SMARTS) is 1. The summed E-state index contributed by atoms with van der Waals surface area (Å²) < 4.78 is 1.56. The Bertz CT molecular complexity index is 1510. The minimum absolute atomic E-state index is 0.0989. The lowest BCUT2D eigenvalue weighted by Crippen LogP contribution is -2.28. The molecule has 5 rings (SSSR count). The van der Waals surface area contributed by atoms with Crippen molar-refractivity contribution < 1.29 is 9.90 Å². The predicted octanol–water partition coefficient (Wildman–Crippen LogP) is 4.04. The number of benzene rings is 2. The van der Waals surface area contributed by atoms with Gasteiger partial charge in [0, 0.05) is 24.8 Å². The maximum absolute atomic E-state index is 12.2. The molecule has 0 fully saturated rings. The molecule has 0 amide bonds. The molecule has 37 heavy (non-hydrogen) atoms. The van der Waals surface area contributed by atoms with E-state index in [0.29, 0.717) is 36.8 Å². The average Bonchev–Trinajstić information content (AvgIpc) is 3.61. The van der Waals surface area contributed by atoms with Gasteiger partial charge in [0.2, 0.25) is 5.82 Å². The van der Waals surface area contributed by atoms with E-state index in [9.17, 15) is 9.90 Å². The van der Waals surface area contributed by atoms with Crippen LogP contribution in [0.1, 0.15) is 48.3 Å². The summed E-state index contributed by atoms with van der Waals surface area (Å²) in [6, 6.07) is 16.1. The minimum Gasteiger partial charge on any atom is -0.477 e. The molecule has 188 valence electrons. The van der Waals surface area contributed by atoms with Gasteiger partial charge in [0.1, 0.15) is 11.3 Å². The summed E-state index contributed by atoms with van der Waals surface area (Å²) in [5, 5.41) is 32.9. The third-order valence-electron chi connectivity index (χ3n) is 6.27. The number of anilines is 1. The number of fused-ring (bicyclic) bond motifs is 1. The van der Waals surface area contributed by atoms with Crippen molar-refractivity contribution in [2.75, 3.05) is 11.4 Å². The Kier molecular flexibility index (Phi) is 6.84. The molecular weight excluding hydrogens is 470 g/mol. The summed E-state index contributed by atoms with van der Waals surface area (Å²) in [6.45, 7) is 5.26. The summed E-state index contributed by atoms with van der Waals surface area (Å²) >= 11 is 0. The smallest absolute Gasteiger partial charge is 0.341 e. The van der Waals surface area contributed by atoms with E-state index in [1.807, 2.05) is 31.2 Å². The number of tetrazole rings is 1. The van der Waals surface area contributed by atoms with Gasteiger partial charge in [-0.2, -0.15) is 9.73 Å². The standard InChI is InChI=1S/C26H27N9O2/c1-3-5-14-34(25-21(26(36)37)15-27-24-22(4-2)28-33-35(24)25)16-17-10-12-18(13-11-17)19-8-6-7-9-20(19)23-29-31-32-30-23/h6-13,15H,3-5,14,16H2,1-2H3,(H,36,37)(H,29,30,31,32). The Morgan fingerprint density at radius 1 is 1.05 bits per heavy atom. The molecule has 11 heteroatoms. The molecule has 0 atom stereocenters. The van der Waals surface area contributed by atoms with Gasteiger partial charge in [-0.15, -0.1) is 15.3 Å². The van der Waals surface area contributed by atoms with Crippen LogP contribution in [0.5, 0.6) is 0 Å². The number of aromatic carboxylic acids is 1. The van der Waals surface area contributed by atoms with Crippen molar-refractivity contribution in [3.8, 4) is 22.5 Å². The van der Waals surface area contributed by atoms with Crippen molar-refractivity contribution in [2.45, 2.75) is 39.7 Å². The van der Waals surface area contributed by atoms with Crippen LogP contribution in [0.15, 0.2) is 54.7 Å². The maximum atomic E-state index is 12.2. The van der Waals surface area contributed by atoms with Gasteiger partial charge >= 0.3 is 5.97 Å². The number of aryl methyl sites for hydroxylation is 1. The van der Waals surface area contributed by atoms with E-state index in [-0.39, 0.29) is 5.56 Å². The Hall–Kier alpha value is -4.67. The van der Waals surface area contributed by atoms with Crippen molar-refractivity contribution in [2.24, 2.45) is 0 Å². The lowest BCUT2D eigenvalue weighted by molar-refractivity contribution is 0.0696. The van der Waals surface area contributed by atoms with Crippen LogP contribution in [0, 0.1) is 0 Å². The SMILES string of the molecule is CCCCN(Cc1ccc(-c2ccccc2-c2nn[nH]n2)cc1)c1c(C(=O)O)cnc2c(CC)nnn12. The van der Waals surface area contributed by atoms with E-state index in [4.69, 9.17) is 0 Å². The van der Waals surface area contributed by atoms with E-state index in [2.05, 4.69) is 72.0 Å². The number of nitrogens with one attached hydrogen (secondary N) is 1. The van der Waals surface area contributed by atoms with E-state index in [1.54, 1.807) is 4.52 Å². The molecule has 0 aliphatic rings. The van der Waals surface area contributed by atoms with Crippen LogP contribution in [0.3, 0.4) is 0 Å². The highest BCUT2D eigenvalue weighted by molar-refractivity contribution is 5.93. The molecule has 0 saturated heterocycles. The third kappa shape index (κ3) is 4.75. The van der Waals surface area contributed by atoms with Crippen LogP contribution in [0.2, 0.25) is 0 Å². The molecule has 11 nitrogen and oxygen atoms in total. The van der Waals surface area contributed by atoms with Crippen molar-refractivity contribution in [1.29, 1.82) is 0 Å². The first-order valence-electron chi connectivity index (χ1n) is 12.2. The summed E-state index contributed by atoms with van der Waals surface area (Å²) in [5.41, 5.74) is 5.35. The number of rotatable bonds is 10. The number of unbranched alkanes of at least 4 members (excludes halogenated alkanes) is 1. The van der Waals surface area contributed by atoms with Gasteiger partial charge in [0.25, 0.3) is 0 Å². The van der Waals surface area contributed by atoms with E-state index >= 15 is 0 Å². The zero-order chi connectivity index (χ0) is 25.8. The minimum atomic E-state index is -1.05. The number of carbonyl (C=O) groups is 1. The lowest BCUT2D eigenvalue weighted by atomic mass is 9.98. The number of carboxylic acids is 1. The van der Waals surface area contributed by atoms with Gasteiger partial charge in [-0.1, -0.05) is 74.0 Å². The van der Waals surface area contributed by atoms with Gasteiger partial charge in [0.05, 0.1) is 0 Å². The van der Waals surface area contributed by atoms with Crippen LogP contribution in [0.25, 0.3) is 28.2 Å². The Balaban J connectivity index is 1.51. The average molecular weight is 498 g/mol. The highest BCUT2D eigenvalue weighted by atomic mass is 16.4. The normalized spacial score (nSPS) is 11.2. The fraction of sp³-hybridized carbons (Fsp3) is 0.269. The van der Waals surface area contributed by atoms with Crippen LogP contribution >= 0.6 is 0 Å². The zero-order valence-corrected chi connectivity index (χ0v) is 20.7. The van der Waals surface area contributed by atoms with Gasteiger partial charge < -0.3 is 10.0 Å². The maximum Gasteiger partial charge on any atom is 0.341 e. The van der Waals surface area contributed by atoms with Crippen molar-refractivity contribution >= 4 is 17.4 Å². The quantitative estimate of drug-likeness (QED) is 0.293. The summed E-state index contributed by atoms with van der Waals surface area (Å²) in [6.07, 6.45) is 3.93. The molecule has 2 aromatic carbocycles. The number of nitrogens with zero attached hydrogens (tertiary/aromatic N) is 8. The number of H-pyrrole nitrogens is 1. The van der Waals surface area contributed by atoms with Gasteiger partial charge in [-0.25, -0.2) is 9.78 Å². The van der Waals surface area contributed by atoms with E-state index in [1.165, 1.54) is 6.20 Å². The number of aromatic nitrogens is 8. The van der Waals surface area contributed by atoms with Crippen molar-refractivity contribution in [3.05, 3.63) is 71.5 Å². The van der Waals surface area contributed by atoms with E-state index in [0.717, 1.165) is 40.8 Å². The Labute approximate surface area is 213 Å². The second-order valence-corrected chi connectivity index (χ2v) is 8.68. The first-order chi connectivity index (χ1) is 18.1. The van der Waals surface area contributed by atoms with Gasteiger partial charge in [-0.05, 0) is 34.7 Å². The summed E-state index contributed by atoms with van der Waals surface area (Å²) in [4.78, 5) is 18.6. The monoisotopic (exact) mass is 497 g/mol. The number of aromatic amines is 1. The Morgan fingerprint density at radius 3 is 2.51 bits per heavy atom. The molecule has 0 unspecified atom stereocenters. The second kappa shape index (κ2) is 10.5. The molecule has 0 aliphatic heterocycles. The molecule has 0 aliphatic carbocycles. The topological polar surface area (TPSA) is 138 Å². The fourth-order valence-electron chi connectivity index (χ4n) is 4.39. The molecule has 3 aromatic heterocycles. The highest BCUT2D eigenvalue weighted by Gasteiger charge is 2.23. The Morgan fingerprint density at radius 2 is 1.84 bits per heavy atom. The summed E-state index contributed by atoms with van der Waals surface area (Å²) in [7, 11) is 0. The largest absolute Gasteiger partial charge is 0.477 e. The fourth-order valence-corrected chi connectivity index (χ4v) is 4.39. The van der Waals surface area contributed by atoms with Crippen molar-refractivity contribution in [1.82, 2.24) is 40.4 Å². The third-order valence-corrected chi connectivity index (χ3v) is 6.27. The van der Waals surface area contributed by atoms with Crippen LogP contribution in [-0.2, 0) is 13.0 Å². The molecule has 0 bridgehead atoms. The first-order valence-corrected chi connectivity index (χ1v) is 12.2. The molecule has 0 saturated carbocycles. The van der Waals surface area contributed by atoms with Crippen molar-refractivity contribution in [3.63, 3.8) is 0 Å². The molecule has 5 aromatic rings. The highest BCUT2D eigenvalue weighted by Crippen LogP contribution is 2.30. The molecule has 2 N–H and O–H groups in total. The van der Waals surface area contributed by atoms with E-state index < -0.39 is 5.97 Å². The molecular formula is C26H27N9O2. The number of hydrogen-bond acceptors (Lipinski definition) is 8. The van der Waals surface area contributed by atoms with Crippen LogP contribution in [-0.4, -0.2) is 58.1 Å². The molecule has 0 radical (unpaired) electrons. The summed E-state index contributed by atoms with van der Waals surface area (Å²) in [5.74, 6) is -0.0230. The second-order valence-electron chi connectivity index (χ2n) is 8.68. The number of hydrogen-bond donors (Lipinski definition) is 2. The van der Waals surface area contributed by atoms with Gasteiger partial charge in [0.15, 0.2) is 11.5 Å². The zero-order valence-electron chi connectivity index (χ0n) is 20.7. The van der Waals surface area contributed by atoms with Gasteiger partial charge in [-0.3, -0.25) is 0 Å².